The smallest absolute Gasteiger partial charge is 0.186 e. The van der Waals surface area contributed by atoms with Crippen LogP contribution in [0.1, 0.15) is 44.3 Å². The third-order valence-electron chi connectivity index (χ3n) is 3.53. The molecular weight excluding hydrogens is 202 g/mol. The van der Waals surface area contributed by atoms with E-state index in [9.17, 15) is 0 Å². The summed E-state index contributed by atoms with van der Waals surface area (Å²) >= 11 is 0. The summed E-state index contributed by atoms with van der Waals surface area (Å²) in [5.74, 6) is 1.03. The van der Waals surface area contributed by atoms with E-state index in [0.717, 1.165) is 11.6 Å². The van der Waals surface area contributed by atoms with Crippen molar-refractivity contribution in [3.63, 3.8) is 0 Å². The van der Waals surface area contributed by atoms with Crippen LogP contribution in [0.4, 0.5) is 0 Å². The lowest BCUT2D eigenvalue weighted by molar-refractivity contribution is 0.288. The van der Waals surface area contributed by atoms with Crippen LogP contribution in [0, 0.1) is 5.92 Å². The molecule has 2 rings (SSSR count). The van der Waals surface area contributed by atoms with E-state index in [-0.39, 0.29) is 5.84 Å². The highest BCUT2D eigenvalue weighted by atomic mass is 16.4. The van der Waals surface area contributed by atoms with Crippen LogP contribution in [0.15, 0.2) is 23.5 Å². The van der Waals surface area contributed by atoms with Crippen LogP contribution in [0.2, 0.25) is 0 Å². The highest BCUT2D eigenvalue weighted by molar-refractivity contribution is 5.95. The fourth-order valence-corrected chi connectivity index (χ4v) is 2.50. The Morgan fingerprint density at radius 1 is 1.44 bits per heavy atom. The number of hydrogen-bond acceptors (Lipinski definition) is 2. The van der Waals surface area contributed by atoms with E-state index < -0.39 is 0 Å². The highest BCUT2D eigenvalue weighted by Gasteiger charge is 2.21. The van der Waals surface area contributed by atoms with Gasteiger partial charge in [-0.1, -0.05) is 12.1 Å². The fourth-order valence-electron chi connectivity index (χ4n) is 2.50. The summed E-state index contributed by atoms with van der Waals surface area (Å²) in [5.41, 5.74) is 6.47. The maximum Gasteiger partial charge on any atom is 0.186 e. The van der Waals surface area contributed by atoms with Crippen molar-refractivity contribution in [1.29, 1.82) is 0 Å². The number of nitrogens with zero attached hydrogens (tertiary/aromatic N) is 2. The Kier molecular flexibility index (Phi) is 3.17. The predicted octanol–water partition coefficient (Wildman–Crippen LogP) is 2.33. The largest absolute Gasteiger partial charge is 0.409 e. The van der Waals surface area contributed by atoms with Gasteiger partial charge in [0.25, 0.3) is 0 Å². The van der Waals surface area contributed by atoms with Gasteiger partial charge in [-0.25, -0.2) is 0 Å². The van der Waals surface area contributed by atoms with Crippen molar-refractivity contribution in [2.45, 2.75) is 38.6 Å². The first-order chi connectivity index (χ1) is 7.72. The first kappa shape index (κ1) is 11.0. The molecule has 3 N–H and O–H groups in total. The molecule has 4 heteroatoms. The van der Waals surface area contributed by atoms with Gasteiger partial charge in [-0.2, -0.15) is 0 Å². The van der Waals surface area contributed by atoms with Gasteiger partial charge in [0, 0.05) is 12.2 Å². The molecule has 1 aromatic heterocycles. The highest BCUT2D eigenvalue weighted by Crippen LogP contribution is 2.32. The van der Waals surface area contributed by atoms with Gasteiger partial charge in [0.2, 0.25) is 0 Å². The Labute approximate surface area is 95.7 Å². The van der Waals surface area contributed by atoms with Crippen LogP contribution in [0.25, 0.3) is 0 Å². The number of oxime groups is 1. The third-order valence-corrected chi connectivity index (χ3v) is 3.53. The van der Waals surface area contributed by atoms with Crippen LogP contribution in [-0.4, -0.2) is 15.6 Å². The lowest BCUT2D eigenvalue weighted by Gasteiger charge is -2.28. The Balaban J connectivity index is 2.18. The molecule has 1 aliphatic carbocycles. The average molecular weight is 221 g/mol. The molecule has 0 saturated heterocycles. The van der Waals surface area contributed by atoms with E-state index in [2.05, 4.69) is 16.6 Å². The molecular formula is C12H19N3O. The van der Waals surface area contributed by atoms with Crippen molar-refractivity contribution in [1.82, 2.24) is 4.57 Å². The van der Waals surface area contributed by atoms with Crippen molar-refractivity contribution < 1.29 is 5.21 Å². The molecule has 1 heterocycles. The summed E-state index contributed by atoms with van der Waals surface area (Å²) in [6, 6.07) is 4.35. The average Bonchev–Trinajstić information content (AvgIpc) is 2.78. The van der Waals surface area contributed by atoms with E-state index in [4.69, 9.17) is 10.9 Å². The first-order valence-electron chi connectivity index (χ1n) is 5.87. The zero-order valence-corrected chi connectivity index (χ0v) is 9.63. The second-order valence-electron chi connectivity index (χ2n) is 4.70. The molecule has 0 bridgehead atoms. The molecule has 0 amide bonds. The van der Waals surface area contributed by atoms with E-state index >= 15 is 0 Å². The van der Waals surface area contributed by atoms with E-state index in [1.807, 2.05) is 18.3 Å². The minimum Gasteiger partial charge on any atom is -0.409 e. The zero-order valence-electron chi connectivity index (χ0n) is 9.63. The minimum atomic E-state index is 0.198. The quantitative estimate of drug-likeness (QED) is 0.348. The first-order valence-corrected chi connectivity index (χ1v) is 5.87. The lowest BCUT2D eigenvalue weighted by Crippen LogP contribution is -2.23. The van der Waals surface area contributed by atoms with E-state index in [1.165, 1.54) is 25.7 Å². The van der Waals surface area contributed by atoms with Gasteiger partial charge in [0.15, 0.2) is 5.84 Å². The van der Waals surface area contributed by atoms with Crippen LogP contribution in [0.5, 0.6) is 0 Å². The summed E-state index contributed by atoms with van der Waals surface area (Å²) in [6.07, 6.45) is 6.91. The van der Waals surface area contributed by atoms with Crippen molar-refractivity contribution in [2.75, 3.05) is 0 Å². The second-order valence-corrected chi connectivity index (χ2v) is 4.70. The summed E-state index contributed by atoms with van der Waals surface area (Å²) in [4.78, 5) is 0. The van der Waals surface area contributed by atoms with Gasteiger partial charge in [-0.15, -0.1) is 0 Å². The maximum atomic E-state index is 8.72. The zero-order chi connectivity index (χ0) is 11.5. The van der Waals surface area contributed by atoms with Crippen molar-refractivity contribution >= 4 is 5.84 Å². The molecule has 1 aliphatic rings. The van der Waals surface area contributed by atoms with Crippen LogP contribution in [-0.2, 0) is 0 Å². The summed E-state index contributed by atoms with van der Waals surface area (Å²) in [5, 5.41) is 11.8. The molecule has 88 valence electrons. The van der Waals surface area contributed by atoms with Gasteiger partial charge < -0.3 is 15.5 Å². The minimum absolute atomic E-state index is 0.198. The van der Waals surface area contributed by atoms with Gasteiger partial charge in [-0.3, -0.25) is 0 Å². The van der Waals surface area contributed by atoms with Crippen LogP contribution < -0.4 is 5.73 Å². The topological polar surface area (TPSA) is 63.5 Å². The molecule has 0 spiro atoms. The predicted molar refractivity (Wildman–Crippen MR) is 63.6 cm³/mol. The van der Waals surface area contributed by atoms with Crippen molar-refractivity contribution in [2.24, 2.45) is 16.8 Å². The molecule has 1 aromatic rings. The van der Waals surface area contributed by atoms with Gasteiger partial charge in [0.05, 0.1) is 5.69 Å². The number of rotatable bonds is 2. The lowest BCUT2D eigenvalue weighted by atomic mass is 9.87. The molecule has 0 atom stereocenters. The number of amidine groups is 1. The third kappa shape index (κ3) is 2.05. The summed E-state index contributed by atoms with van der Waals surface area (Å²) in [6.45, 7) is 2.30. The molecule has 0 radical (unpaired) electrons. The van der Waals surface area contributed by atoms with E-state index in [0.29, 0.717) is 6.04 Å². The number of aromatic nitrogens is 1. The maximum absolute atomic E-state index is 8.72. The van der Waals surface area contributed by atoms with Gasteiger partial charge in [0.1, 0.15) is 0 Å². The second kappa shape index (κ2) is 4.60. The van der Waals surface area contributed by atoms with Gasteiger partial charge >= 0.3 is 0 Å². The number of hydrogen-bond donors (Lipinski definition) is 2. The Hall–Kier alpha value is -1.45. The molecule has 0 unspecified atom stereocenters. The summed E-state index contributed by atoms with van der Waals surface area (Å²) < 4.78 is 2.14. The van der Waals surface area contributed by atoms with Crippen molar-refractivity contribution in [3.8, 4) is 0 Å². The van der Waals surface area contributed by atoms with Gasteiger partial charge in [-0.05, 0) is 43.7 Å². The Morgan fingerprint density at radius 2 is 2.12 bits per heavy atom. The molecule has 1 saturated carbocycles. The molecule has 0 aliphatic heterocycles. The Morgan fingerprint density at radius 3 is 2.75 bits per heavy atom. The Bertz CT molecular complexity index is 375. The molecule has 0 aromatic carbocycles. The normalized spacial score (nSPS) is 26.9. The molecule has 1 fully saturated rings. The monoisotopic (exact) mass is 221 g/mol. The number of nitrogens with two attached hydrogens (primary N) is 1. The standard InChI is InChI=1S/C12H19N3O/c1-9-4-6-10(7-5-9)15-8-2-3-11(15)12(13)14-16/h2-3,8-10,16H,4-7H2,1H3,(H2,13,14). The molecule has 16 heavy (non-hydrogen) atoms. The van der Waals surface area contributed by atoms with Crippen LogP contribution >= 0.6 is 0 Å². The fraction of sp³-hybridized carbons (Fsp3) is 0.583. The SMILES string of the molecule is CC1CCC(n2cccc2/C(N)=N/O)CC1. The van der Waals surface area contributed by atoms with E-state index in [1.54, 1.807) is 0 Å². The van der Waals surface area contributed by atoms with Crippen molar-refractivity contribution in [3.05, 3.63) is 24.0 Å². The summed E-state index contributed by atoms with van der Waals surface area (Å²) in [7, 11) is 0. The van der Waals surface area contributed by atoms with Crippen LogP contribution in [0.3, 0.4) is 0 Å². The molecule has 4 nitrogen and oxygen atoms in total.